The van der Waals surface area contributed by atoms with E-state index in [4.69, 9.17) is 0 Å². The molecular formula is C17H25N5O3. The van der Waals surface area contributed by atoms with Gasteiger partial charge >= 0.3 is 6.03 Å². The average Bonchev–Trinajstić information content (AvgIpc) is 2.79. The Morgan fingerprint density at radius 3 is 2.56 bits per heavy atom. The predicted molar refractivity (Wildman–Crippen MR) is 91.4 cm³/mol. The molecule has 0 aromatic carbocycles. The highest BCUT2D eigenvalue weighted by Crippen LogP contribution is 2.23. The fourth-order valence-electron chi connectivity index (χ4n) is 2.71. The molecule has 1 aliphatic heterocycles. The second-order valence-electron chi connectivity index (χ2n) is 6.55. The zero-order chi connectivity index (χ0) is 18.4. The first-order valence-corrected chi connectivity index (χ1v) is 8.63. The van der Waals surface area contributed by atoms with E-state index in [0.29, 0.717) is 12.1 Å². The molecule has 2 rings (SSSR count). The summed E-state index contributed by atoms with van der Waals surface area (Å²) in [5, 5.41) is 3.41. The van der Waals surface area contributed by atoms with Crippen molar-refractivity contribution in [3.05, 3.63) is 23.8 Å². The molecule has 1 aliphatic rings. The zero-order valence-electron chi connectivity index (χ0n) is 15.0. The van der Waals surface area contributed by atoms with E-state index in [1.165, 1.54) is 12.4 Å². The van der Waals surface area contributed by atoms with Gasteiger partial charge in [-0.25, -0.2) is 9.78 Å². The first-order valence-electron chi connectivity index (χ1n) is 8.63. The van der Waals surface area contributed by atoms with Gasteiger partial charge in [0.05, 0.1) is 11.9 Å². The molecule has 0 spiro atoms. The number of unbranched alkanes of at least 4 members (excludes halogenated alkanes) is 4. The third-order valence-electron chi connectivity index (χ3n) is 4.27. The highest BCUT2D eigenvalue weighted by atomic mass is 16.2. The van der Waals surface area contributed by atoms with Crippen LogP contribution in [0.1, 0.15) is 68.6 Å². The molecule has 8 nitrogen and oxygen atoms in total. The van der Waals surface area contributed by atoms with Crippen molar-refractivity contribution in [1.29, 1.82) is 0 Å². The molecule has 1 saturated heterocycles. The summed E-state index contributed by atoms with van der Waals surface area (Å²) in [7, 11) is 0. The van der Waals surface area contributed by atoms with Crippen LogP contribution in [0.25, 0.3) is 0 Å². The van der Waals surface area contributed by atoms with Crippen LogP contribution in [0.15, 0.2) is 12.4 Å². The molecule has 1 atom stereocenters. The molecule has 25 heavy (non-hydrogen) atoms. The van der Waals surface area contributed by atoms with Crippen molar-refractivity contribution in [2.24, 2.45) is 0 Å². The number of amides is 4. The van der Waals surface area contributed by atoms with E-state index in [1.54, 1.807) is 13.8 Å². The van der Waals surface area contributed by atoms with Gasteiger partial charge in [0.25, 0.3) is 11.8 Å². The lowest BCUT2D eigenvalue weighted by Crippen LogP contribution is -2.49. The standard InChI is InChI=1S/C17H25N5O3/c1-4-5-6-7-8-9-17(3)15(24)22(16(25)20-17)21-14(23)13-11-18-12(2)10-19-13/h10-11H,4-9H2,1-3H3,(H,20,25)(H,21,23)/t17-/m0/s1. The molecule has 8 heteroatoms. The lowest BCUT2D eigenvalue weighted by Gasteiger charge is -2.21. The Balaban J connectivity index is 1.95. The molecule has 0 aliphatic carbocycles. The third kappa shape index (κ3) is 4.52. The topological polar surface area (TPSA) is 104 Å². The summed E-state index contributed by atoms with van der Waals surface area (Å²) in [6.45, 7) is 5.57. The largest absolute Gasteiger partial charge is 0.344 e. The number of imide groups is 1. The number of hydrazine groups is 1. The normalized spacial score (nSPS) is 19.9. The maximum Gasteiger partial charge on any atom is 0.344 e. The summed E-state index contributed by atoms with van der Waals surface area (Å²) in [6.07, 6.45) is 8.56. The number of rotatable bonds is 8. The third-order valence-corrected chi connectivity index (χ3v) is 4.27. The van der Waals surface area contributed by atoms with Crippen LogP contribution in [0.3, 0.4) is 0 Å². The Kier molecular flexibility index (Phi) is 6.06. The van der Waals surface area contributed by atoms with E-state index in [2.05, 4.69) is 27.6 Å². The van der Waals surface area contributed by atoms with Gasteiger partial charge in [-0.15, -0.1) is 0 Å². The second kappa shape index (κ2) is 8.04. The minimum atomic E-state index is -0.991. The Hall–Kier alpha value is -2.51. The number of hydrogen-bond donors (Lipinski definition) is 2. The second-order valence-corrected chi connectivity index (χ2v) is 6.55. The minimum Gasteiger partial charge on any atom is -0.322 e. The Morgan fingerprint density at radius 1 is 1.20 bits per heavy atom. The Morgan fingerprint density at radius 2 is 1.92 bits per heavy atom. The van der Waals surface area contributed by atoms with E-state index >= 15 is 0 Å². The molecule has 1 fully saturated rings. The number of carbonyl (C=O) groups is 3. The fourth-order valence-corrected chi connectivity index (χ4v) is 2.71. The van der Waals surface area contributed by atoms with Crippen molar-refractivity contribution in [2.75, 3.05) is 0 Å². The van der Waals surface area contributed by atoms with Gasteiger partial charge in [0.2, 0.25) is 0 Å². The van der Waals surface area contributed by atoms with Crippen molar-refractivity contribution in [2.45, 2.75) is 64.8 Å². The van der Waals surface area contributed by atoms with Gasteiger partial charge in [-0.2, -0.15) is 5.01 Å². The van der Waals surface area contributed by atoms with Crippen LogP contribution in [-0.4, -0.2) is 38.4 Å². The average molecular weight is 347 g/mol. The van der Waals surface area contributed by atoms with Crippen molar-refractivity contribution in [3.63, 3.8) is 0 Å². The van der Waals surface area contributed by atoms with Gasteiger partial charge < -0.3 is 5.32 Å². The van der Waals surface area contributed by atoms with Crippen molar-refractivity contribution < 1.29 is 14.4 Å². The monoisotopic (exact) mass is 347 g/mol. The summed E-state index contributed by atoms with van der Waals surface area (Å²) in [5.74, 6) is -1.11. The molecule has 1 aromatic rings. The SMILES string of the molecule is CCCCCCC[C@]1(C)NC(=O)N(NC(=O)c2cnc(C)cn2)C1=O. The predicted octanol–water partition coefficient (Wildman–Crippen LogP) is 2.10. The van der Waals surface area contributed by atoms with Crippen LogP contribution in [0, 0.1) is 6.92 Å². The summed E-state index contributed by atoms with van der Waals surface area (Å²) in [4.78, 5) is 44.7. The number of carbonyl (C=O) groups excluding carboxylic acids is 3. The van der Waals surface area contributed by atoms with Gasteiger partial charge in [0.1, 0.15) is 11.2 Å². The lowest BCUT2D eigenvalue weighted by atomic mass is 9.94. The van der Waals surface area contributed by atoms with Gasteiger partial charge in [-0.05, 0) is 20.3 Å². The van der Waals surface area contributed by atoms with Gasteiger partial charge in [0.15, 0.2) is 0 Å². The van der Waals surface area contributed by atoms with E-state index in [0.717, 1.165) is 37.1 Å². The van der Waals surface area contributed by atoms with Gasteiger partial charge in [0, 0.05) is 6.20 Å². The Bertz CT molecular complexity index is 646. The van der Waals surface area contributed by atoms with Crippen LogP contribution in [-0.2, 0) is 4.79 Å². The van der Waals surface area contributed by atoms with Gasteiger partial charge in [-0.3, -0.25) is 20.0 Å². The molecule has 136 valence electrons. The number of nitrogens with zero attached hydrogens (tertiary/aromatic N) is 3. The molecule has 2 N–H and O–H groups in total. The number of aromatic nitrogens is 2. The van der Waals surface area contributed by atoms with E-state index in [-0.39, 0.29) is 5.69 Å². The van der Waals surface area contributed by atoms with Crippen LogP contribution in [0.2, 0.25) is 0 Å². The summed E-state index contributed by atoms with van der Waals surface area (Å²) in [6, 6.07) is -0.630. The number of hydrogen-bond acceptors (Lipinski definition) is 5. The highest BCUT2D eigenvalue weighted by molar-refractivity contribution is 6.08. The van der Waals surface area contributed by atoms with Crippen LogP contribution in [0.4, 0.5) is 4.79 Å². The number of urea groups is 1. The molecule has 4 amide bonds. The molecule has 0 unspecified atom stereocenters. The number of aryl methyl sites for hydroxylation is 1. The zero-order valence-corrected chi connectivity index (χ0v) is 15.0. The fraction of sp³-hybridized carbons (Fsp3) is 0.588. The first kappa shape index (κ1) is 18.8. The van der Waals surface area contributed by atoms with Crippen molar-refractivity contribution in [3.8, 4) is 0 Å². The minimum absolute atomic E-state index is 0.0411. The van der Waals surface area contributed by atoms with E-state index in [9.17, 15) is 14.4 Å². The van der Waals surface area contributed by atoms with E-state index < -0.39 is 23.4 Å². The van der Waals surface area contributed by atoms with Crippen LogP contribution >= 0.6 is 0 Å². The first-order chi connectivity index (χ1) is 11.9. The molecule has 0 saturated carbocycles. The van der Waals surface area contributed by atoms with E-state index in [1.807, 2.05) is 0 Å². The summed E-state index contributed by atoms with van der Waals surface area (Å²) < 4.78 is 0. The molecule has 2 heterocycles. The van der Waals surface area contributed by atoms with Crippen LogP contribution < -0.4 is 10.7 Å². The highest BCUT2D eigenvalue weighted by Gasteiger charge is 2.48. The van der Waals surface area contributed by atoms with Crippen LogP contribution in [0.5, 0.6) is 0 Å². The molecular weight excluding hydrogens is 322 g/mol. The number of nitrogens with one attached hydrogen (secondary N) is 2. The summed E-state index contributed by atoms with van der Waals surface area (Å²) in [5.41, 5.74) is 2.03. The lowest BCUT2D eigenvalue weighted by molar-refractivity contribution is -0.132. The quantitative estimate of drug-likeness (QED) is 0.553. The Labute approximate surface area is 147 Å². The maximum absolute atomic E-state index is 12.6. The molecule has 1 aromatic heterocycles. The van der Waals surface area contributed by atoms with Crippen molar-refractivity contribution in [1.82, 2.24) is 25.7 Å². The van der Waals surface area contributed by atoms with Crippen molar-refractivity contribution >= 4 is 17.8 Å². The molecule has 0 radical (unpaired) electrons. The maximum atomic E-state index is 12.6. The summed E-state index contributed by atoms with van der Waals surface area (Å²) >= 11 is 0. The smallest absolute Gasteiger partial charge is 0.322 e. The van der Waals surface area contributed by atoms with Gasteiger partial charge in [-0.1, -0.05) is 39.0 Å². The molecule has 0 bridgehead atoms.